The minimum Gasteiger partial charge on any atom is -0.351 e. The van der Waals surface area contributed by atoms with Gasteiger partial charge in [-0.15, -0.1) is 0 Å². The van der Waals surface area contributed by atoms with Gasteiger partial charge in [-0.05, 0) is 60.7 Å². The Morgan fingerprint density at radius 3 is 2.47 bits per heavy atom. The molecule has 4 heterocycles. The summed E-state index contributed by atoms with van der Waals surface area (Å²) in [5, 5.41) is 4.76. The second kappa shape index (κ2) is 7.89. The summed E-state index contributed by atoms with van der Waals surface area (Å²) in [6.45, 7) is 0. The SMILES string of the molecule is S=C1NC(c2ccccn2)C(c2cccn2-c2ccc(Cl)cn2)N1c1ccccc1. The lowest BCUT2D eigenvalue weighted by Gasteiger charge is -2.28. The first-order valence-corrected chi connectivity index (χ1v) is 10.4. The summed E-state index contributed by atoms with van der Waals surface area (Å²) in [5.74, 6) is 0.796. The van der Waals surface area contributed by atoms with Gasteiger partial charge in [0.1, 0.15) is 11.9 Å². The van der Waals surface area contributed by atoms with Crippen molar-refractivity contribution in [1.29, 1.82) is 0 Å². The van der Waals surface area contributed by atoms with Gasteiger partial charge in [-0.3, -0.25) is 4.98 Å². The summed E-state index contributed by atoms with van der Waals surface area (Å²) in [4.78, 5) is 11.3. The van der Waals surface area contributed by atoms with Crippen LogP contribution in [0.3, 0.4) is 0 Å². The fraction of sp³-hybridized carbons (Fsp3) is 0.0870. The number of aromatic nitrogens is 3. The Hall–Kier alpha value is -3.22. The van der Waals surface area contributed by atoms with Crippen LogP contribution in [0.25, 0.3) is 5.82 Å². The first kappa shape index (κ1) is 18.8. The molecule has 5 nitrogen and oxygen atoms in total. The number of benzene rings is 1. The lowest BCUT2D eigenvalue weighted by atomic mass is 10.0. The molecule has 0 radical (unpaired) electrons. The van der Waals surface area contributed by atoms with E-state index in [1.54, 1.807) is 6.20 Å². The summed E-state index contributed by atoms with van der Waals surface area (Å²) in [5.41, 5.74) is 3.01. The maximum atomic E-state index is 6.05. The zero-order valence-electron chi connectivity index (χ0n) is 15.9. The lowest BCUT2D eigenvalue weighted by Crippen LogP contribution is -2.30. The quantitative estimate of drug-likeness (QED) is 0.455. The number of nitrogens with zero attached hydrogens (tertiary/aromatic N) is 4. The van der Waals surface area contributed by atoms with Crippen molar-refractivity contribution in [3.63, 3.8) is 0 Å². The topological polar surface area (TPSA) is 46.0 Å². The Morgan fingerprint density at radius 2 is 1.73 bits per heavy atom. The molecule has 2 unspecified atom stereocenters. The third-order valence-electron chi connectivity index (χ3n) is 5.17. The molecule has 0 bridgehead atoms. The molecule has 1 aliphatic rings. The number of anilines is 1. The van der Waals surface area contributed by atoms with Crippen LogP contribution in [-0.2, 0) is 0 Å². The van der Waals surface area contributed by atoms with Gasteiger partial charge in [0.05, 0.1) is 16.8 Å². The largest absolute Gasteiger partial charge is 0.351 e. The molecule has 5 rings (SSSR count). The van der Waals surface area contributed by atoms with Crippen molar-refractivity contribution >= 4 is 34.6 Å². The molecule has 7 heteroatoms. The molecule has 3 aromatic heterocycles. The summed E-state index contributed by atoms with van der Waals surface area (Å²) in [6, 6.07) is 23.8. The van der Waals surface area contributed by atoms with Crippen LogP contribution in [0, 0.1) is 0 Å². The highest BCUT2D eigenvalue weighted by Crippen LogP contribution is 2.41. The second-order valence-electron chi connectivity index (χ2n) is 6.97. The number of pyridine rings is 2. The Labute approximate surface area is 185 Å². The van der Waals surface area contributed by atoms with Gasteiger partial charge in [-0.25, -0.2) is 4.98 Å². The Kier molecular flexibility index (Phi) is 4.94. The van der Waals surface area contributed by atoms with E-state index in [9.17, 15) is 0 Å². The van der Waals surface area contributed by atoms with Crippen molar-refractivity contribution in [3.05, 3.63) is 108 Å². The minimum absolute atomic E-state index is 0.109. The van der Waals surface area contributed by atoms with Crippen molar-refractivity contribution in [2.45, 2.75) is 12.1 Å². The minimum atomic E-state index is -0.111. The lowest BCUT2D eigenvalue weighted by molar-refractivity contribution is 0.548. The molecule has 0 aliphatic carbocycles. The van der Waals surface area contributed by atoms with E-state index in [1.165, 1.54) is 0 Å². The van der Waals surface area contributed by atoms with Crippen LogP contribution in [-0.4, -0.2) is 19.6 Å². The standard InChI is InChI=1S/C23H18ClN5S/c24-16-11-12-20(26-15-16)28-14-6-10-19(28)22-21(18-9-4-5-13-25-18)27-23(30)29(22)17-7-2-1-3-8-17/h1-15,21-22H,(H,27,30). The van der Waals surface area contributed by atoms with E-state index in [1.807, 2.05) is 67.0 Å². The van der Waals surface area contributed by atoms with E-state index in [-0.39, 0.29) is 12.1 Å². The Bertz CT molecular complexity index is 1160. The van der Waals surface area contributed by atoms with Crippen LogP contribution in [0.1, 0.15) is 23.5 Å². The van der Waals surface area contributed by atoms with E-state index >= 15 is 0 Å². The molecule has 1 aliphatic heterocycles. The third-order valence-corrected chi connectivity index (χ3v) is 5.71. The van der Waals surface area contributed by atoms with Crippen molar-refractivity contribution in [1.82, 2.24) is 19.9 Å². The number of para-hydroxylation sites is 1. The van der Waals surface area contributed by atoms with Crippen LogP contribution in [0.2, 0.25) is 5.02 Å². The van der Waals surface area contributed by atoms with Crippen LogP contribution in [0.15, 0.2) is 91.4 Å². The number of nitrogens with one attached hydrogen (secondary N) is 1. The average Bonchev–Trinajstić information content (AvgIpc) is 3.40. The van der Waals surface area contributed by atoms with Gasteiger partial charge < -0.3 is 14.8 Å². The molecule has 0 spiro atoms. The molecule has 148 valence electrons. The molecule has 1 N–H and O–H groups in total. The fourth-order valence-electron chi connectivity index (χ4n) is 3.88. The van der Waals surface area contributed by atoms with Gasteiger partial charge in [0.15, 0.2) is 5.11 Å². The number of hydrogen-bond acceptors (Lipinski definition) is 3. The van der Waals surface area contributed by atoms with E-state index < -0.39 is 0 Å². The van der Waals surface area contributed by atoms with E-state index in [4.69, 9.17) is 23.8 Å². The number of rotatable bonds is 4. The van der Waals surface area contributed by atoms with Gasteiger partial charge in [-0.2, -0.15) is 0 Å². The average molecular weight is 432 g/mol. The molecular weight excluding hydrogens is 414 g/mol. The summed E-state index contributed by atoms with van der Waals surface area (Å²) >= 11 is 11.8. The summed E-state index contributed by atoms with van der Waals surface area (Å²) in [6.07, 6.45) is 5.47. The van der Waals surface area contributed by atoms with Crippen molar-refractivity contribution in [2.75, 3.05) is 4.90 Å². The zero-order chi connectivity index (χ0) is 20.5. The fourth-order valence-corrected chi connectivity index (χ4v) is 4.33. The van der Waals surface area contributed by atoms with Crippen LogP contribution < -0.4 is 10.2 Å². The van der Waals surface area contributed by atoms with E-state index in [0.717, 1.165) is 22.9 Å². The Morgan fingerprint density at radius 1 is 0.900 bits per heavy atom. The summed E-state index contributed by atoms with van der Waals surface area (Å²) in [7, 11) is 0. The molecule has 30 heavy (non-hydrogen) atoms. The maximum absolute atomic E-state index is 6.05. The van der Waals surface area contributed by atoms with Crippen molar-refractivity contribution < 1.29 is 0 Å². The highest BCUT2D eigenvalue weighted by Gasteiger charge is 2.42. The smallest absolute Gasteiger partial charge is 0.174 e. The third kappa shape index (κ3) is 3.34. The van der Waals surface area contributed by atoms with Crippen molar-refractivity contribution in [2.24, 2.45) is 0 Å². The Balaban J connectivity index is 1.66. The number of halogens is 1. The van der Waals surface area contributed by atoms with Crippen LogP contribution in [0.5, 0.6) is 0 Å². The molecule has 1 saturated heterocycles. The molecule has 2 atom stereocenters. The van der Waals surface area contributed by atoms with Gasteiger partial charge in [0, 0.05) is 30.0 Å². The monoisotopic (exact) mass is 431 g/mol. The highest BCUT2D eigenvalue weighted by molar-refractivity contribution is 7.80. The first-order chi connectivity index (χ1) is 14.7. The van der Waals surface area contributed by atoms with Gasteiger partial charge in [0.2, 0.25) is 0 Å². The normalized spacial score (nSPS) is 18.4. The number of thiocarbonyl (C=S) groups is 1. The van der Waals surface area contributed by atoms with Crippen LogP contribution in [0.4, 0.5) is 5.69 Å². The predicted octanol–water partition coefficient (Wildman–Crippen LogP) is 5.10. The van der Waals surface area contributed by atoms with Crippen LogP contribution >= 0.6 is 23.8 Å². The first-order valence-electron chi connectivity index (χ1n) is 9.57. The van der Waals surface area contributed by atoms with Crippen molar-refractivity contribution in [3.8, 4) is 5.82 Å². The van der Waals surface area contributed by atoms with Gasteiger partial charge in [0.25, 0.3) is 0 Å². The maximum Gasteiger partial charge on any atom is 0.174 e. The molecule has 0 amide bonds. The zero-order valence-corrected chi connectivity index (χ0v) is 17.5. The predicted molar refractivity (Wildman–Crippen MR) is 123 cm³/mol. The molecule has 1 fully saturated rings. The van der Waals surface area contributed by atoms with Gasteiger partial charge in [-0.1, -0.05) is 35.9 Å². The molecule has 1 aromatic carbocycles. The van der Waals surface area contributed by atoms with Gasteiger partial charge >= 0.3 is 0 Å². The number of hydrogen-bond donors (Lipinski definition) is 1. The van der Waals surface area contributed by atoms with E-state index in [2.05, 4.69) is 43.0 Å². The molecule has 0 saturated carbocycles. The molecule has 4 aromatic rings. The summed E-state index contributed by atoms with van der Waals surface area (Å²) < 4.78 is 2.07. The molecular formula is C23H18ClN5S. The van der Waals surface area contributed by atoms with E-state index in [0.29, 0.717) is 10.1 Å². The highest BCUT2D eigenvalue weighted by atomic mass is 35.5. The second-order valence-corrected chi connectivity index (χ2v) is 7.79.